The van der Waals surface area contributed by atoms with Crippen molar-refractivity contribution in [2.45, 2.75) is 13.3 Å². The lowest BCUT2D eigenvalue weighted by atomic mass is 10.0. The Bertz CT molecular complexity index is 702. The molecule has 0 bridgehead atoms. The van der Waals surface area contributed by atoms with Gasteiger partial charge < -0.3 is 5.73 Å². The van der Waals surface area contributed by atoms with Crippen LogP contribution in [0, 0.1) is 0 Å². The molecule has 2 nitrogen and oxygen atoms in total. The molecule has 2 aromatic carbocycles. The van der Waals surface area contributed by atoms with Gasteiger partial charge in [0.05, 0.1) is 11.0 Å². The minimum atomic E-state index is 0.836. The van der Waals surface area contributed by atoms with Crippen molar-refractivity contribution in [1.29, 1.82) is 0 Å². The van der Waals surface area contributed by atoms with Crippen LogP contribution < -0.4 is 5.73 Å². The topological polar surface area (TPSA) is 38.9 Å². The molecular formula is C15H14N2. The van der Waals surface area contributed by atoms with Gasteiger partial charge in [-0.1, -0.05) is 31.2 Å². The van der Waals surface area contributed by atoms with E-state index in [0.29, 0.717) is 0 Å². The zero-order chi connectivity index (χ0) is 11.8. The summed E-state index contributed by atoms with van der Waals surface area (Å²) in [5.41, 5.74) is 10.0. The van der Waals surface area contributed by atoms with E-state index in [2.05, 4.69) is 19.1 Å². The molecule has 0 aliphatic heterocycles. The molecule has 0 aliphatic carbocycles. The van der Waals surface area contributed by atoms with Crippen molar-refractivity contribution >= 4 is 27.5 Å². The van der Waals surface area contributed by atoms with Crippen molar-refractivity contribution < 1.29 is 0 Å². The molecule has 0 spiro atoms. The van der Waals surface area contributed by atoms with Gasteiger partial charge in [0, 0.05) is 22.0 Å². The Morgan fingerprint density at radius 3 is 2.71 bits per heavy atom. The summed E-state index contributed by atoms with van der Waals surface area (Å²) in [7, 11) is 0. The molecule has 1 heterocycles. The lowest BCUT2D eigenvalue weighted by Gasteiger charge is -2.08. The second-order valence-corrected chi connectivity index (χ2v) is 4.24. The number of pyridine rings is 1. The number of fused-ring (bicyclic) bond motifs is 2. The molecule has 3 rings (SSSR count). The highest BCUT2D eigenvalue weighted by Gasteiger charge is 2.06. The molecule has 0 aliphatic rings. The smallest absolute Gasteiger partial charge is 0.0762 e. The van der Waals surface area contributed by atoms with Crippen LogP contribution in [-0.4, -0.2) is 4.98 Å². The number of hydrogen-bond donors (Lipinski definition) is 1. The summed E-state index contributed by atoms with van der Waals surface area (Å²) in [6.07, 6.45) is 0.911. The average molecular weight is 222 g/mol. The molecule has 84 valence electrons. The second kappa shape index (κ2) is 3.74. The molecule has 0 amide bonds. The molecule has 1 aromatic heterocycles. The molecule has 2 heteroatoms. The highest BCUT2D eigenvalue weighted by atomic mass is 14.7. The molecule has 0 saturated heterocycles. The van der Waals surface area contributed by atoms with Crippen molar-refractivity contribution in [3.8, 4) is 0 Å². The van der Waals surface area contributed by atoms with Gasteiger partial charge in [-0.2, -0.15) is 0 Å². The number of nitrogen functional groups attached to an aromatic ring is 1. The fraction of sp³-hybridized carbons (Fsp3) is 0.133. The molecule has 0 saturated carbocycles. The standard InChI is InChI=1S/C15H14N2/c1-2-12-13(16)8-7-11-9-10-5-3-4-6-14(10)17-15(11)12/h3-9H,2,16H2,1H3. The number of aromatic nitrogens is 1. The van der Waals surface area contributed by atoms with Crippen LogP contribution >= 0.6 is 0 Å². The maximum atomic E-state index is 6.00. The highest BCUT2D eigenvalue weighted by Crippen LogP contribution is 2.26. The largest absolute Gasteiger partial charge is 0.398 e. The van der Waals surface area contributed by atoms with Gasteiger partial charge in [-0.3, -0.25) is 0 Å². The molecule has 0 fully saturated rings. The van der Waals surface area contributed by atoms with Crippen LogP contribution in [0.2, 0.25) is 0 Å². The predicted molar refractivity (Wildman–Crippen MR) is 73.0 cm³/mol. The fourth-order valence-corrected chi connectivity index (χ4v) is 2.29. The van der Waals surface area contributed by atoms with Gasteiger partial charge in [0.2, 0.25) is 0 Å². The molecular weight excluding hydrogens is 208 g/mol. The van der Waals surface area contributed by atoms with E-state index >= 15 is 0 Å². The number of anilines is 1. The third-order valence-corrected chi connectivity index (χ3v) is 3.18. The van der Waals surface area contributed by atoms with Gasteiger partial charge in [0.1, 0.15) is 0 Å². The van der Waals surface area contributed by atoms with Crippen molar-refractivity contribution in [3.05, 3.63) is 48.0 Å². The van der Waals surface area contributed by atoms with Crippen LogP contribution in [0.15, 0.2) is 42.5 Å². The van der Waals surface area contributed by atoms with E-state index in [-0.39, 0.29) is 0 Å². The van der Waals surface area contributed by atoms with Crippen molar-refractivity contribution in [3.63, 3.8) is 0 Å². The van der Waals surface area contributed by atoms with E-state index in [0.717, 1.165) is 34.1 Å². The van der Waals surface area contributed by atoms with Gasteiger partial charge in [-0.25, -0.2) is 4.98 Å². The van der Waals surface area contributed by atoms with E-state index in [9.17, 15) is 0 Å². The quantitative estimate of drug-likeness (QED) is 0.505. The minimum Gasteiger partial charge on any atom is -0.398 e. The van der Waals surface area contributed by atoms with Crippen LogP contribution in [0.25, 0.3) is 21.8 Å². The van der Waals surface area contributed by atoms with E-state index < -0.39 is 0 Å². The summed E-state index contributed by atoms with van der Waals surface area (Å²) in [6, 6.07) is 14.4. The second-order valence-electron chi connectivity index (χ2n) is 4.24. The normalized spacial score (nSPS) is 11.1. The Hall–Kier alpha value is -2.09. The van der Waals surface area contributed by atoms with Crippen LogP contribution in [0.1, 0.15) is 12.5 Å². The molecule has 0 radical (unpaired) electrons. The van der Waals surface area contributed by atoms with Gasteiger partial charge >= 0.3 is 0 Å². The van der Waals surface area contributed by atoms with Crippen LogP contribution in [0.3, 0.4) is 0 Å². The highest BCUT2D eigenvalue weighted by molar-refractivity contribution is 5.95. The lowest BCUT2D eigenvalue weighted by molar-refractivity contribution is 1.15. The predicted octanol–water partition coefficient (Wildman–Crippen LogP) is 3.53. The average Bonchev–Trinajstić information content (AvgIpc) is 2.36. The van der Waals surface area contributed by atoms with E-state index in [1.807, 2.05) is 30.3 Å². The molecule has 0 unspecified atom stereocenters. The first-order valence-electron chi connectivity index (χ1n) is 5.86. The summed E-state index contributed by atoms with van der Waals surface area (Å²) in [5.74, 6) is 0. The summed E-state index contributed by atoms with van der Waals surface area (Å²) in [5, 5.41) is 2.33. The maximum absolute atomic E-state index is 6.00. The van der Waals surface area contributed by atoms with E-state index in [1.54, 1.807) is 0 Å². The number of nitrogens with zero attached hydrogens (tertiary/aromatic N) is 1. The monoisotopic (exact) mass is 222 g/mol. The summed E-state index contributed by atoms with van der Waals surface area (Å²) in [4.78, 5) is 4.73. The minimum absolute atomic E-state index is 0.836. The molecule has 3 aromatic rings. The van der Waals surface area contributed by atoms with Gasteiger partial charge in [0.25, 0.3) is 0 Å². The first kappa shape index (κ1) is 10.1. The number of aryl methyl sites for hydroxylation is 1. The number of rotatable bonds is 1. The summed E-state index contributed by atoms with van der Waals surface area (Å²) in [6.45, 7) is 2.11. The van der Waals surface area contributed by atoms with Crippen molar-refractivity contribution in [2.75, 3.05) is 5.73 Å². The zero-order valence-corrected chi connectivity index (χ0v) is 9.77. The number of para-hydroxylation sites is 1. The third-order valence-electron chi connectivity index (χ3n) is 3.18. The zero-order valence-electron chi connectivity index (χ0n) is 9.77. The SMILES string of the molecule is CCc1c(N)ccc2cc3ccccc3nc12. The van der Waals surface area contributed by atoms with Crippen LogP contribution in [0.5, 0.6) is 0 Å². The number of nitrogens with two attached hydrogens (primary N) is 1. The lowest BCUT2D eigenvalue weighted by Crippen LogP contribution is -1.96. The third kappa shape index (κ3) is 1.53. The van der Waals surface area contributed by atoms with E-state index in [1.165, 1.54) is 5.39 Å². The first-order valence-corrected chi connectivity index (χ1v) is 5.86. The van der Waals surface area contributed by atoms with Crippen molar-refractivity contribution in [1.82, 2.24) is 4.98 Å². The Morgan fingerprint density at radius 1 is 1.06 bits per heavy atom. The van der Waals surface area contributed by atoms with Crippen LogP contribution in [0.4, 0.5) is 5.69 Å². The maximum Gasteiger partial charge on any atom is 0.0762 e. The Balaban J connectivity index is 2.47. The van der Waals surface area contributed by atoms with Gasteiger partial charge in [-0.05, 0) is 24.6 Å². The molecule has 2 N–H and O–H groups in total. The Labute approximate surface area is 100 Å². The van der Waals surface area contributed by atoms with Gasteiger partial charge in [-0.15, -0.1) is 0 Å². The summed E-state index contributed by atoms with van der Waals surface area (Å²) < 4.78 is 0. The fourth-order valence-electron chi connectivity index (χ4n) is 2.29. The number of benzene rings is 2. The Morgan fingerprint density at radius 2 is 1.88 bits per heavy atom. The van der Waals surface area contributed by atoms with Gasteiger partial charge in [0.15, 0.2) is 0 Å². The molecule has 17 heavy (non-hydrogen) atoms. The van der Waals surface area contributed by atoms with Crippen LogP contribution in [-0.2, 0) is 6.42 Å². The Kier molecular flexibility index (Phi) is 2.22. The summed E-state index contributed by atoms with van der Waals surface area (Å²) >= 11 is 0. The van der Waals surface area contributed by atoms with Crippen molar-refractivity contribution in [2.24, 2.45) is 0 Å². The number of hydrogen-bond acceptors (Lipinski definition) is 2. The van der Waals surface area contributed by atoms with E-state index in [4.69, 9.17) is 10.7 Å². The molecule has 0 atom stereocenters. The first-order chi connectivity index (χ1) is 8.29.